The normalized spacial score (nSPS) is 15.4. The lowest BCUT2D eigenvalue weighted by atomic mass is 10.2. The van der Waals surface area contributed by atoms with Gasteiger partial charge in [-0.2, -0.15) is 0 Å². The fraction of sp³-hybridized carbons (Fsp3) is 0.368. The Balaban J connectivity index is 1.47. The van der Waals surface area contributed by atoms with Crippen molar-refractivity contribution in [2.45, 2.75) is 6.54 Å². The summed E-state index contributed by atoms with van der Waals surface area (Å²) < 4.78 is 3.14. The fourth-order valence-corrected chi connectivity index (χ4v) is 3.44. The predicted octanol–water partition coefficient (Wildman–Crippen LogP) is 0.349. The number of benzene rings is 1. The molecular formula is C19H22N6O2. The van der Waals surface area contributed by atoms with Crippen LogP contribution >= 0.6 is 0 Å². The average molecular weight is 366 g/mol. The van der Waals surface area contributed by atoms with Gasteiger partial charge in [0.1, 0.15) is 0 Å². The highest BCUT2D eigenvalue weighted by atomic mass is 16.1. The zero-order valence-corrected chi connectivity index (χ0v) is 15.5. The quantitative estimate of drug-likeness (QED) is 0.666. The van der Waals surface area contributed by atoms with E-state index in [0.29, 0.717) is 11.9 Å². The minimum atomic E-state index is -0.0825. The van der Waals surface area contributed by atoms with Gasteiger partial charge in [-0.3, -0.25) is 19.5 Å². The van der Waals surface area contributed by atoms with Crippen molar-refractivity contribution in [2.75, 3.05) is 31.1 Å². The minimum absolute atomic E-state index is 0.0292. The molecule has 0 N–H and O–H groups in total. The highest BCUT2D eigenvalue weighted by molar-refractivity contribution is 5.81. The topological polar surface area (TPSA) is 76.3 Å². The third-order valence-corrected chi connectivity index (χ3v) is 5.20. The maximum absolute atomic E-state index is 12.2. The maximum atomic E-state index is 12.2. The molecule has 1 aromatic carbocycles. The monoisotopic (exact) mass is 366 g/mol. The van der Waals surface area contributed by atoms with E-state index in [1.165, 1.54) is 10.8 Å². The second-order valence-corrected chi connectivity index (χ2v) is 6.92. The van der Waals surface area contributed by atoms with Crippen molar-refractivity contribution in [1.82, 2.24) is 24.0 Å². The van der Waals surface area contributed by atoms with Crippen molar-refractivity contribution < 1.29 is 0 Å². The van der Waals surface area contributed by atoms with Crippen molar-refractivity contribution in [3.05, 3.63) is 63.3 Å². The molecule has 3 heterocycles. The molecule has 3 aromatic rings. The number of hydrogen-bond acceptors (Lipinski definition) is 6. The maximum Gasteiger partial charge on any atom is 0.268 e. The summed E-state index contributed by atoms with van der Waals surface area (Å²) in [6, 6.07) is 5.83. The van der Waals surface area contributed by atoms with Crippen molar-refractivity contribution >= 4 is 16.6 Å². The Hall–Kier alpha value is -3.00. The second kappa shape index (κ2) is 6.96. The van der Waals surface area contributed by atoms with Crippen LogP contribution in [0.25, 0.3) is 10.9 Å². The molecule has 140 valence electrons. The van der Waals surface area contributed by atoms with E-state index in [9.17, 15) is 9.59 Å². The first-order chi connectivity index (χ1) is 13.0. The van der Waals surface area contributed by atoms with E-state index in [2.05, 4.69) is 19.8 Å². The van der Waals surface area contributed by atoms with Gasteiger partial charge < -0.3 is 14.0 Å². The Morgan fingerprint density at radius 3 is 2.59 bits per heavy atom. The van der Waals surface area contributed by atoms with Crippen LogP contribution in [0.5, 0.6) is 0 Å². The molecule has 0 unspecified atom stereocenters. The molecule has 0 radical (unpaired) electrons. The Morgan fingerprint density at radius 2 is 1.81 bits per heavy atom. The van der Waals surface area contributed by atoms with Gasteiger partial charge in [0.15, 0.2) is 0 Å². The van der Waals surface area contributed by atoms with Crippen LogP contribution in [0.4, 0.5) is 5.69 Å². The number of nitrogens with zero attached hydrogens (tertiary/aromatic N) is 6. The third kappa shape index (κ3) is 3.35. The third-order valence-electron chi connectivity index (χ3n) is 5.20. The van der Waals surface area contributed by atoms with Gasteiger partial charge in [-0.05, 0) is 18.2 Å². The van der Waals surface area contributed by atoms with Gasteiger partial charge >= 0.3 is 0 Å². The molecular weight excluding hydrogens is 344 g/mol. The van der Waals surface area contributed by atoms with Gasteiger partial charge in [-0.15, -0.1) is 0 Å². The number of aryl methyl sites for hydroxylation is 1. The Labute approximate surface area is 156 Å². The lowest BCUT2D eigenvalue weighted by Crippen LogP contribution is -2.46. The summed E-state index contributed by atoms with van der Waals surface area (Å²) in [5, 5.41) is 0.639. The van der Waals surface area contributed by atoms with Crippen LogP contribution in [0.3, 0.4) is 0 Å². The Bertz CT molecular complexity index is 1100. The van der Waals surface area contributed by atoms with Gasteiger partial charge in [0.2, 0.25) is 0 Å². The van der Waals surface area contributed by atoms with Gasteiger partial charge in [0.05, 0.1) is 29.1 Å². The molecule has 2 aromatic heterocycles. The molecule has 0 bridgehead atoms. The number of hydrogen-bond donors (Lipinski definition) is 0. The van der Waals surface area contributed by atoms with E-state index in [4.69, 9.17) is 0 Å². The van der Waals surface area contributed by atoms with Gasteiger partial charge in [0.25, 0.3) is 11.1 Å². The predicted molar refractivity (Wildman–Crippen MR) is 104 cm³/mol. The molecule has 1 aliphatic heterocycles. The molecule has 0 spiro atoms. The highest BCUT2D eigenvalue weighted by Crippen LogP contribution is 2.20. The van der Waals surface area contributed by atoms with Crippen LogP contribution in [0.15, 0.2) is 46.5 Å². The summed E-state index contributed by atoms with van der Waals surface area (Å²) in [6.45, 7) is 4.26. The first-order valence-corrected chi connectivity index (χ1v) is 8.95. The number of rotatable bonds is 3. The van der Waals surface area contributed by atoms with Crippen molar-refractivity contribution in [2.24, 2.45) is 14.1 Å². The first-order valence-electron chi connectivity index (χ1n) is 8.95. The molecule has 8 heteroatoms. The second-order valence-electron chi connectivity index (χ2n) is 6.92. The van der Waals surface area contributed by atoms with Crippen molar-refractivity contribution in [1.29, 1.82) is 0 Å². The molecule has 0 amide bonds. The summed E-state index contributed by atoms with van der Waals surface area (Å²) in [7, 11) is 3.49. The first kappa shape index (κ1) is 17.4. The number of anilines is 1. The summed E-state index contributed by atoms with van der Waals surface area (Å²) >= 11 is 0. The molecule has 27 heavy (non-hydrogen) atoms. The number of piperazine rings is 1. The smallest absolute Gasteiger partial charge is 0.268 e. The highest BCUT2D eigenvalue weighted by Gasteiger charge is 2.19. The standard InChI is InChI=1S/C19H22N6O2/c1-22-13-21-17-9-14(3-4-16(17)19(22)27)25-7-5-24(6-8-25)12-15-10-20-11-18(26)23(15)2/h3-4,9-11,13H,5-8,12H2,1-2H3. The number of fused-ring (bicyclic) bond motifs is 1. The van der Waals surface area contributed by atoms with E-state index < -0.39 is 0 Å². The summed E-state index contributed by atoms with van der Waals surface area (Å²) in [5.41, 5.74) is 2.61. The zero-order chi connectivity index (χ0) is 19.0. The molecule has 0 aliphatic carbocycles. The van der Waals surface area contributed by atoms with Crippen LogP contribution in [0.2, 0.25) is 0 Å². The summed E-state index contributed by atoms with van der Waals surface area (Å²) in [4.78, 5) is 36.9. The van der Waals surface area contributed by atoms with Gasteiger partial charge in [0, 0.05) is 58.7 Å². The Kier molecular flexibility index (Phi) is 4.49. The summed E-state index contributed by atoms with van der Waals surface area (Å²) in [5.74, 6) is 0. The molecule has 0 saturated carbocycles. The summed E-state index contributed by atoms with van der Waals surface area (Å²) in [6.07, 6.45) is 4.65. The van der Waals surface area contributed by atoms with E-state index in [0.717, 1.165) is 43.1 Å². The largest absolute Gasteiger partial charge is 0.369 e. The van der Waals surface area contributed by atoms with Crippen LogP contribution in [0, 0.1) is 0 Å². The average Bonchev–Trinajstić information content (AvgIpc) is 2.69. The molecule has 1 saturated heterocycles. The lowest BCUT2D eigenvalue weighted by Gasteiger charge is -2.36. The molecule has 1 aliphatic rings. The number of aromatic nitrogens is 4. The van der Waals surface area contributed by atoms with Crippen molar-refractivity contribution in [3.8, 4) is 0 Å². The van der Waals surface area contributed by atoms with E-state index >= 15 is 0 Å². The van der Waals surface area contributed by atoms with E-state index in [1.807, 2.05) is 18.2 Å². The Morgan fingerprint density at radius 1 is 1.04 bits per heavy atom. The molecule has 4 rings (SSSR count). The SMILES string of the molecule is Cn1cnc2cc(N3CCN(Cc4cncc(=O)n4C)CC3)ccc2c1=O. The van der Waals surface area contributed by atoms with Crippen LogP contribution in [0.1, 0.15) is 5.69 Å². The lowest BCUT2D eigenvalue weighted by molar-refractivity contribution is 0.243. The molecule has 8 nitrogen and oxygen atoms in total. The molecule has 0 atom stereocenters. The minimum Gasteiger partial charge on any atom is -0.369 e. The van der Waals surface area contributed by atoms with Crippen LogP contribution < -0.4 is 16.0 Å². The molecule has 1 fully saturated rings. The van der Waals surface area contributed by atoms with Crippen LogP contribution in [-0.4, -0.2) is 50.2 Å². The fourth-order valence-electron chi connectivity index (χ4n) is 3.44. The van der Waals surface area contributed by atoms with Crippen molar-refractivity contribution in [3.63, 3.8) is 0 Å². The van der Waals surface area contributed by atoms with E-state index in [1.54, 1.807) is 31.2 Å². The van der Waals surface area contributed by atoms with Gasteiger partial charge in [-0.1, -0.05) is 0 Å². The van der Waals surface area contributed by atoms with Gasteiger partial charge in [-0.25, -0.2) is 4.98 Å². The zero-order valence-electron chi connectivity index (χ0n) is 15.5. The van der Waals surface area contributed by atoms with E-state index in [-0.39, 0.29) is 11.1 Å². The van der Waals surface area contributed by atoms with Crippen LogP contribution in [-0.2, 0) is 20.6 Å².